The van der Waals surface area contributed by atoms with Crippen LogP contribution in [-0.4, -0.2) is 30.1 Å². The molecule has 0 fully saturated rings. The van der Waals surface area contributed by atoms with Gasteiger partial charge in [0.1, 0.15) is 0 Å². The van der Waals surface area contributed by atoms with E-state index in [1.54, 1.807) is 0 Å². The van der Waals surface area contributed by atoms with Crippen LogP contribution in [0, 0.1) is 5.92 Å². The lowest BCUT2D eigenvalue weighted by Gasteiger charge is -2.25. The fraction of sp³-hybridized carbons (Fsp3) is 0.951. The van der Waals surface area contributed by atoms with Crippen molar-refractivity contribution in [3.8, 4) is 0 Å². The van der Waals surface area contributed by atoms with Crippen molar-refractivity contribution in [2.24, 2.45) is 5.92 Å². The predicted molar refractivity (Wildman–Crippen MR) is 196 cm³/mol. The second-order valence-corrected chi connectivity index (χ2v) is 14.7. The standard InChI is InChI=1S/C41H82N2/c1-4-6-8-10-12-14-16-18-20-22-24-26-28-30-32-34-36-41(39-43-38-37-42(3)40-43)35-33-31-29-27-25-23-21-19-17-15-13-11-9-7-5-2/h37-38,41H,4-36,39-40H2,1-3H3. The first-order chi connectivity index (χ1) is 21.3. The highest BCUT2D eigenvalue weighted by atomic mass is 15.3. The first-order valence-electron chi connectivity index (χ1n) is 20.4. The van der Waals surface area contributed by atoms with Gasteiger partial charge in [-0.05, 0) is 18.8 Å². The summed E-state index contributed by atoms with van der Waals surface area (Å²) in [4.78, 5) is 4.88. The number of unbranched alkanes of at least 4 members (excludes halogenated alkanes) is 29. The van der Waals surface area contributed by atoms with Gasteiger partial charge < -0.3 is 9.80 Å². The zero-order chi connectivity index (χ0) is 30.9. The van der Waals surface area contributed by atoms with E-state index in [1.165, 1.54) is 218 Å². The molecular weight excluding hydrogens is 520 g/mol. The Bertz CT molecular complexity index is 558. The van der Waals surface area contributed by atoms with Crippen LogP contribution in [-0.2, 0) is 0 Å². The maximum atomic E-state index is 2.56. The van der Waals surface area contributed by atoms with Gasteiger partial charge in [0.15, 0.2) is 0 Å². The molecule has 0 radical (unpaired) electrons. The molecule has 1 rings (SSSR count). The van der Waals surface area contributed by atoms with E-state index in [0.29, 0.717) is 0 Å². The zero-order valence-corrected chi connectivity index (χ0v) is 30.4. The molecule has 0 aliphatic carbocycles. The highest BCUT2D eigenvalue weighted by Crippen LogP contribution is 2.22. The van der Waals surface area contributed by atoms with E-state index in [2.05, 4.69) is 43.1 Å². The number of hydrogen-bond donors (Lipinski definition) is 0. The van der Waals surface area contributed by atoms with Crippen LogP contribution >= 0.6 is 0 Å². The lowest BCUT2D eigenvalue weighted by Crippen LogP contribution is -2.28. The van der Waals surface area contributed by atoms with E-state index < -0.39 is 0 Å². The van der Waals surface area contributed by atoms with Crippen molar-refractivity contribution in [1.82, 2.24) is 9.80 Å². The van der Waals surface area contributed by atoms with Crippen molar-refractivity contribution in [2.75, 3.05) is 20.3 Å². The average molecular weight is 603 g/mol. The molecule has 0 aromatic carbocycles. The monoisotopic (exact) mass is 603 g/mol. The fourth-order valence-corrected chi connectivity index (χ4v) is 7.15. The summed E-state index contributed by atoms with van der Waals surface area (Å²) in [6.45, 7) is 6.99. The molecule has 2 heteroatoms. The lowest BCUT2D eigenvalue weighted by atomic mass is 9.93. The Labute approximate surface area is 273 Å². The molecule has 1 unspecified atom stereocenters. The Morgan fingerprint density at radius 3 is 0.930 bits per heavy atom. The third-order valence-electron chi connectivity index (χ3n) is 10.1. The molecular formula is C41H82N2. The van der Waals surface area contributed by atoms with Crippen molar-refractivity contribution in [1.29, 1.82) is 0 Å². The normalized spacial score (nSPS) is 13.9. The van der Waals surface area contributed by atoms with Gasteiger partial charge in [-0.1, -0.05) is 213 Å². The summed E-state index contributed by atoms with van der Waals surface area (Å²) in [5.41, 5.74) is 0. The minimum absolute atomic E-state index is 0.893. The Morgan fingerprint density at radius 2 is 0.674 bits per heavy atom. The second kappa shape index (κ2) is 32.7. The first-order valence-corrected chi connectivity index (χ1v) is 20.4. The summed E-state index contributed by atoms with van der Waals surface area (Å²) in [6.07, 6.45) is 52.9. The Kier molecular flexibility index (Phi) is 30.7. The van der Waals surface area contributed by atoms with Gasteiger partial charge in [0.25, 0.3) is 0 Å². The third kappa shape index (κ3) is 28.5. The quantitative estimate of drug-likeness (QED) is 0.0666. The van der Waals surface area contributed by atoms with Crippen LogP contribution < -0.4 is 0 Å². The maximum Gasteiger partial charge on any atom is 0.0890 e. The van der Waals surface area contributed by atoms with E-state index in [-0.39, 0.29) is 0 Å². The lowest BCUT2D eigenvalue weighted by molar-refractivity contribution is 0.238. The topological polar surface area (TPSA) is 6.48 Å². The molecule has 2 nitrogen and oxygen atoms in total. The van der Waals surface area contributed by atoms with Crippen molar-refractivity contribution in [2.45, 2.75) is 226 Å². The van der Waals surface area contributed by atoms with Crippen molar-refractivity contribution in [3.05, 3.63) is 12.4 Å². The number of rotatable bonds is 35. The van der Waals surface area contributed by atoms with Crippen molar-refractivity contribution >= 4 is 0 Å². The Morgan fingerprint density at radius 1 is 0.395 bits per heavy atom. The third-order valence-corrected chi connectivity index (χ3v) is 10.1. The van der Waals surface area contributed by atoms with E-state index in [0.717, 1.165) is 12.6 Å². The molecule has 0 aromatic heterocycles. The molecule has 0 amide bonds. The van der Waals surface area contributed by atoms with Crippen LogP contribution in [0.3, 0.4) is 0 Å². The van der Waals surface area contributed by atoms with Gasteiger partial charge in [-0.15, -0.1) is 0 Å². The zero-order valence-electron chi connectivity index (χ0n) is 30.4. The van der Waals surface area contributed by atoms with Gasteiger partial charge in [-0.25, -0.2) is 0 Å². The molecule has 1 heterocycles. The average Bonchev–Trinajstić information content (AvgIpc) is 3.42. The largest absolute Gasteiger partial charge is 0.362 e. The summed E-state index contributed by atoms with van der Waals surface area (Å²) >= 11 is 0. The molecule has 1 aliphatic rings. The van der Waals surface area contributed by atoms with E-state index >= 15 is 0 Å². The van der Waals surface area contributed by atoms with Gasteiger partial charge >= 0.3 is 0 Å². The van der Waals surface area contributed by atoms with Crippen LogP contribution in [0.5, 0.6) is 0 Å². The molecule has 0 spiro atoms. The first kappa shape index (κ1) is 40.4. The molecule has 0 saturated heterocycles. The molecule has 0 aromatic rings. The van der Waals surface area contributed by atoms with E-state index in [9.17, 15) is 0 Å². The van der Waals surface area contributed by atoms with E-state index in [4.69, 9.17) is 0 Å². The summed E-state index contributed by atoms with van der Waals surface area (Å²) in [6, 6.07) is 0. The minimum atomic E-state index is 0.893. The molecule has 1 atom stereocenters. The number of nitrogens with zero attached hydrogens (tertiary/aromatic N) is 2. The minimum Gasteiger partial charge on any atom is -0.362 e. The van der Waals surface area contributed by atoms with Gasteiger partial charge in [0.05, 0.1) is 6.67 Å². The van der Waals surface area contributed by atoms with Crippen molar-refractivity contribution in [3.63, 3.8) is 0 Å². The SMILES string of the molecule is CCCCCCCCCCCCCCCCCCC(CCCCCCCCCCCCCCCCC)CN1C=CN(C)C1. The summed E-state index contributed by atoms with van der Waals surface area (Å²) in [5.74, 6) is 0.893. The molecule has 1 aliphatic heterocycles. The molecule has 43 heavy (non-hydrogen) atoms. The van der Waals surface area contributed by atoms with Crippen LogP contribution in [0.25, 0.3) is 0 Å². The summed E-state index contributed by atoms with van der Waals surface area (Å²) < 4.78 is 0. The van der Waals surface area contributed by atoms with Crippen LogP contribution in [0.4, 0.5) is 0 Å². The molecule has 0 N–H and O–H groups in total. The second-order valence-electron chi connectivity index (χ2n) is 14.7. The predicted octanol–water partition coefficient (Wildman–Crippen LogP) is 14.2. The highest BCUT2D eigenvalue weighted by Gasteiger charge is 2.15. The highest BCUT2D eigenvalue weighted by molar-refractivity contribution is 4.89. The van der Waals surface area contributed by atoms with Crippen LogP contribution in [0.2, 0.25) is 0 Å². The smallest absolute Gasteiger partial charge is 0.0890 e. The van der Waals surface area contributed by atoms with E-state index in [1.807, 2.05) is 0 Å². The molecule has 0 saturated carbocycles. The van der Waals surface area contributed by atoms with Gasteiger partial charge in [0, 0.05) is 26.0 Å². The Balaban J connectivity index is 1.97. The summed E-state index contributed by atoms with van der Waals surface area (Å²) in [7, 11) is 2.20. The van der Waals surface area contributed by atoms with Gasteiger partial charge in [0.2, 0.25) is 0 Å². The fourth-order valence-electron chi connectivity index (χ4n) is 7.15. The Hall–Kier alpha value is -0.660. The molecule has 256 valence electrons. The van der Waals surface area contributed by atoms with Crippen LogP contribution in [0.15, 0.2) is 12.4 Å². The summed E-state index contributed by atoms with van der Waals surface area (Å²) in [5, 5.41) is 0. The van der Waals surface area contributed by atoms with Gasteiger partial charge in [-0.3, -0.25) is 0 Å². The maximum absolute atomic E-state index is 2.56. The number of hydrogen-bond acceptors (Lipinski definition) is 2. The van der Waals surface area contributed by atoms with Crippen molar-refractivity contribution < 1.29 is 0 Å². The van der Waals surface area contributed by atoms with Gasteiger partial charge in [-0.2, -0.15) is 0 Å². The van der Waals surface area contributed by atoms with Crippen LogP contribution in [0.1, 0.15) is 226 Å². The molecule has 0 bridgehead atoms.